The number of nitro groups is 1. The number of nitrogens with one attached hydrogen (secondary N) is 1. The van der Waals surface area contributed by atoms with Crippen LogP contribution in [0.2, 0.25) is 5.02 Å². The molecule has 8 nitrogen and oxygen atoms in total. The van der Waals surface area contributed by atoms with Gasteiger partial charge in [-0.3, -0.25) is 29.9 Å². The molecule has 1 aromatic carbocycles. The lowest BCUT2D eigenvalue weighted by molar-refractivity contribution is -0.384. The van der Waals surface area contributed by atoms with Gasteiger partial charge in [-0.2, -0.15) is 0 Å². The Labute approximate surface area is 253 Å². The van der Waals surface area contributed by atoms with E-state index in [9.17, 15) is 10.1 Å². The van der Waals surface area contributed by atoms with Crippen LogP contribution in [0.4, 0.5) is 11.4 Å². The summed E-state index contributed by atoms with van der Waals surface area (Å²) in [5.74, 6) is 0. The summed E-state index contributed by atoms with van der Waals surface area (Å²) in [6.07, 6.45) is 3.67. The highest BCUT2D eigenvalue weighted by atomic mass is 35.5. The number of halogens is 5. The Balaban J connectivity index is 0.00000342. The summed E-state index contributed by atoms with van der Waals surface area (Å²) >= 11 is 6.13. The van der Waals surface area contributed by atoms with Crippen LogP contribution in [0.15, 0.2) is 54.9 Å². The molecule has 1 unspecified atom stereocenters. The Hall–Kier alpha value is -1.91. The number of rotatable bonds is 8. The molecule has 0 radical (unpaired) electrons. The van der Waals surface area contributed by atoms with Gasteiger partial charge >= 0.3 is 5.69 Å². The molecule has 0 aliphatic carbocycles. The molecule has 0 amide bonds. The summed E-state index contributed by atoms with van der Waals surface area (Å²) in [6, 6.07) is 14.1. The van der Waals surface area contributed by atoms with Gasteiger partial charge in [-0.25, -0.2) is 0 Å². The third kappa shape index (κ3) is 9.09. The molecule has 1 aliphatic heterocycles. The van der Waals surface area contributed by atoms with Gasteiger partial charge in [0.2, 0.25) is 0 Å². The van der Waals surface area contributed by atoms with Crippen LogP contribution in [0.3, 0.4) is 0 Å². The largest absolute Gasteiger partial charge is 0.378 e. The molecular weight excluding hydrogens is 594 g/mol. The standard InChI is InChI=1S/C25H29ClN6O2.4ClH/c1-18-17-23(24(32(33)34)19(2)29-18)28-11-12-30-13-15-31(16-14-30)25(21-7-9-27-10-8-21)20-3-5-22(26)6-4-20;;;;/h3-10,17,25H,11-16H2,1-2H3,(H,28,29);4*1H. The van der Waals surface area contributed by atoms with E-state index in [0.717, 1.165) is 43.4 Å². The van der Waals surface area contributed by atoms with Crippen molar-refractivity contribution in [3.05, 3.63) is 92.5 Å². The first-order valence-electron chi connectivity index (χ1n) is 11.4. The highest BCUT2D eigenvalue weighted by Crippen LogP contribution is 2.30. The third-order valence-corrected chi connectivity index (χ3v) is 6.45. The monoisotopic (exact) mass is 624 g/mol. The molecular formula is C25H33Cl5N6O2. The van der Waals surface area contributed by atoms with Crippen LogP contribution in [0.5, 0.6) is 0 Å². The fourth-order valence-corrected chi connectivity index (χ4v) is 4.71. The number of hydrogen-bond acceptors (Lipinski definition) is 7. The molecule has 4 rings (SSSR count). The lowest BCUT2D eigenvalue weighted by Crippen LogP contribution is -2.48. The van der Waals surface area contributed by atoms with Crippen LogP contribution in [-0.4, -0.2) is 64.0 Å². The minimum atomic E-state index is -0.362. The van der Waals surface area contributed by atoms with Crippen LogP contribution in [-0.2, 0) is 0 Å². The molecule has 0 bridgehead atoms. The van der Waals surface area contributed by atoms with E-state index in [1.165, 1.54) is 11.1 Å². The number of aryl methyl sites for hydroxylation is 2. The third-order valence-electron chi connectivity index (χ3n) is 6.20. The Bertz CT molecular complexity index is 1130. The van der Waals surface area contributed by atoms with Gasteiger partial charge in [-0.15, -0.1) is 49.6 Å². The van der Waals surface area contributed by atoms with Crippen molar-refractivity contribution in [1.82, 2.24) is 19.8 Å². The molecule has 1 N–H and O–H groups in total. The maximum Gasteiger partial charge on any atom is 0.313 e. The van der Waals surface area contributed by atoms with E-state index in [0.29, 0.717) is 17.9 Å². The summed E-state index contributed by atoms with van der Waals surface area (Å²) in [5.41, 5.74) is 4.21. The summed E-state index contributed by atoms with van der Waals surface area (Å²) in [4.78, 5) is 24.4. The number of piperazine rings is 1. The molecule has 1 saturated heterocycles. The molecule has 38 heavy (non-hydrogen) atoms. The quantitative estimate of drug-likeness (QED) is 0.237. The highest BCUT2D eigenvalue weighted by Gasteiger charge is 2.26. The summed E-state index contributed by atoms with van der Waals surface area (Å²) in [7, 11) is 0. The van der Waals surface area contributed by atoms with Crippen molar-refractivity contribution < 1.29 is 4.92 Å². The minimum Gasteiger partial charge on any atom is -0.378 e. The summed E-state index contributed by atoms with van der Waals surface area (Å²) in [6.45, 7) is 8.66. The Morgan fingerprint density at radius 2 is 1.55 bits per heavy atom. The Morgan fingerprint density at radius 1 is 0.974 bits per heavy atom. The second-order valence-corrected chi connectivity index (χ2v) is 8.98. The topological polar surface area (TPSA) is 87.4 Å². The Morgan fingerprint density at radius 3 is 2.13 bits per heavy atom. The van der Waals surface area contributed by atoms with Crippen LogP contribution in [0.25, 0.3) is 0 Å². The molecule has 0 spiro atoms. The molecule has 3 aromatic rings. The van der Waals surface area contributed by atoms with Gasteiger partial charge in [0.25, 0.3) is 0 Å². The maximum absolute atomic E-state index is 11.5. The first-order chi connectivity index (χ1) is 16.4. The molecule has 1 atom stereocenters. The molecule has 210 valence electrons. The smallest absolute Gasteiger partial charge is 0.313 e. The van der Waals surface area contributed by atoms with E-state index in [1.54, 1.807) is 13.0 Å². The van der Waals surface area contributed by atoms with E-state index < -0.39 is 0 Å². The second kappa shape index (κ2) is 16.9. The normalized spacial score (nSPS) is 14.1. The van der Waals surface area contributed by atoms with Gasteiger partial charge in [0, 0.05) is 62.4 Å². The molecule has 2 aromatic heterocycles. The van der Waals surface area contributed by atoms with Crippen molar-refractivity contribution in [2.24, 2.45) is 0 Å². The fraction of sp³-hybridized carbons (Fsp3) is 0.360. The zero-order valence-electron chi connectivity index (χ0n) is 21.1. The van der Waals surface area contributed by atoms with Crippen LogP contribution in [0, 0.1) is 24.0 Å². The molecule has 13 heteroatoms. The van der Waals surface area contributed by atoms with Crippen molar-refractivity contribution in [1.29, 1.82) is 0 Å². The Kier molecular flexibility index (Phi) is 16.1. The number of nitrogens with zero attached hydrogens (tertiary/aromatic N) is 5. The second-order valence-electron chi connectivity index (χ2n) is 8.54. The SMILES string of the molecule is Cc1cc(NCCN2CCN(C(c3ccncc3)c3ccc(Cl)cc3)CC2)c([N+](=O)[O-])c(C)n1.Cl.Cl.Cl.Cl. The average molecular weight is 627 g/mol. The lowest BCUT2D eigenvalue weighted by Gasteiger charge is -2.39. The zero-order valence-corrected chi connectivity index (χ0v) is 25.1. The van der Waals surface area contributed by atoms with Crippen LogP contribution < -0.4 is 5.32 Å². The van der Waals surface area contributed by atoms with E-state index in [-0.39, 0.29) is 66.3 Å². The van der Waals surface area contributed by atoms with Gasteiger partial charge in [-0.1, -0.05) is 23.7 Å². The number of pyridine rings is 2. The van der Waals surface area contributed by atoms with Crippen molar-refractivity contribution in [2.75, 3.05) is 44.6 Å². The number of anilines is 1. The van der Waals surface area contributed by atoms with Gasteiger partial charge < -0.3 is 5.32 Å². The number of aromatic nitrogens is 2. The summed E-state index contributed by atoms with van der Waals surface area (Å²) in [5, 5.41) is 15.5. The number of benzene rings is 1. The van der Waals surface area contributed by atoms with Crippen LogP contribution in [0.1, 0.15) is 28.6 Å². The van der Waals surface area contributed by atoms with Gasteiger partial charge in [-0.05, 0) is 55.3 Å². The maximum atomic E-state index is 11.5. The summed E-state index contributed by atoms with van der Waals surface area (Å²) < 4.78 is 0. The predicted octanol–water partition coefficient (Wildman–Crippen LogP) is 6.16. The van der Waals surface area contributed by atoms with Gasteiger partial charge in [0.05, 0.1) is 11.0 Å². The van der Waals surface area contributed by atoms with Crippen molar-refractivity contribution in [3.8, 4) is 0 Å². The fourth-order valence-electron chi connectivity index (χ4n) is 4.59. The van der Waals surface area contributed by atoms with Gasteiger partial charge in [0.1, 0.15) is 11.4 Å². The molecule has 1 fully saturated rings. The average Bonchev–Trinajstić information content (AvgIpc) is 2.81. The first kappa shape index (κ1) is 36.1. The lowest BCUT2D eigenvalue weighted by atomic mass is 9.97. The van der Waals surface area contributed by atoms with Crippen molar-refractivity contribution in [3.63, 3.8) is 0 Å². The van der Waals surface area contributed by atoms with E-state index >= 15 is 0 Å². The molecule has 0 saturated carbocycles. The van der Waals surface area contributed by atoms with Crippen molar-refractivity contribution >= 4 is 72.6 Å². The van der Waals surface area contributed by atoms with E-state index in [2.05, 4.69) is 49.4 Å². The minimum absolute atomic E-state index is 0. The highest BCUT2D eigenvalue weighted by molar-refractivity contribution is 6.30. The molecule has 1 aliphatic rings. The molecule has 3 heterocycles. The van der Waals surface area contributed by atoms with E-state index in [4.69, 9.17) is 11.6 Å². The van der Waals surface area contributed by atoms with Crippen LogP contribution >= 0.6 is 61.2 Å². The zero-order chi connectivity index (χ0) is 24.1. The van der Waals surface area contributed by atoms with E-state index in [1.807, 2.05) is 31.5 Å². The predicted molar refractivity (Wildman–Crippen MR) is 163 cm³/mol. The number of hydrogen-bond donors (Lipinski definition) is 1. The first-order valence-corrected chi connectivity index (χ1v) is 11.8. The van der Waals surface area contributed by atoms with Crippen molar-refractivity contribution in [2.45, 2.75) is 19.9 Å². The van der Waals surface area contributed by atoms with Gasteiger partial charge in [0.15, 0.2) is 0 Å².